The molecule has 1 heterocycles. The van der Waals surface area contributed by atoms with Gasteiger partial charge in [0.25, 0.3) is 0 Å². The van der Waals surface area contributed by atoms with Crippen LogP contribution in [0.4, 0.5) is 0 Å². The molecule has 108 valence electrons. The van der Waals surface area contributed by atoms with E-state index in [2.05, 4.69) is 38.3 Å². The van der Waals surface area contributed by atoms with Crippen LogP contribution in [0.3, 0.4) is 0 Å². The third-order valence-electron chi connectivity index (χ3n) is 4.01. The van der Waals surface area contributed by atoms with Gasteiger partial charge < -0.3 is 15.4 Å². The second-order valence-electron chi connectivity index (χ2n) is 6.18. The van der Waals surface area contributed by atoms with Gasteiger partial charge in [-0.3, -0.25) is 0 Å². The first-order chi connectivity index (χ1) is 8.61. The summed E-state index contributed by atoms with van der Waals surface area (Å²) in [4.78, 5) is 0. The van der Waals surface area contributed by atoms with Crippen molar-refractivity contribution in [1.82, 2.24) is 10.6 Å². The molecule has 0 aromatic rings. The Labute approximate surface area is 113 Å². The molecule has 0 amide bonds. The fourth-order valence-corrected chi connectivity index (χ4v) is 2.77. The van der Waals surface area contributed by atoms with E-state index in [0.717, 1.165) is 50.5 Å². The Morgan fingerprint density at radius 2 is 1.72 bits per heavy atom. The van der Waals surface area contributed by atoms with Gasteiger partial charge in [-0.25, -0.2) is 0 Å². The molecule has 3 nitrogen and oxygen atoms in total. The molecule has 1 saturated heterocycles. The quantitative estimate of drug-likeness (QED) is 0.654. The lowest BCUT2D eigenvalue weighted by Gasteiger charge is -2.26. The summed E-state index contributed by atoms with van der Waals surface area (Å²) in [6.07, 6.45) is 2.82. The zero-order chi connectivity index (χ0) is 13.4. The van der Waals surface area contributed by atoms with E-state index in [4.69, 9.17) is 4.74 Å². The molecule has 2 N–H and O–H groups in total. The lowest BCUT2D eigenvalue weighted by atomic mass is 9.85. The van der Waals surface area contributed by atoms with Crippen molar-refractivity contribution in [2.75, 3.05) is 32.8 Å². The zero-order valence-electron chi connectivity index (χ0n) is 12.7. The first-order valence-corrected chi connectivity index (χ1v) is 7.64. The third kappa shape index (κ3) is 6.17. The van der Waals surface area contributed by atoms with Crippen molar-refractivity contribution in [2.45, 2.75) is 46.6 Å². The van der Waals surface area contributed by atoms with Crippen LogP contribution in [0, 0.1) is 17.8 Å². The molecule has 1 aliphatic heterocycles. The standard InChI is InChI=1S/C15H32N2O/c1-12(2)15(13(3)4)11-17-9-10-18-14-5-7-16-8-6-14/h12-17H,5-11H2,1-4H3. The Morgan fingerprint density at radius 3 is 2.28 bits per heavy atom. The van der Waals surface area contributed by atoms with Gasteiger partial charge in [0.15, 0.2) is 0 Å². The summed E-state index contributed by atoms with van der Waals surface area (Å²) in [6.45, 7) is 14.4. The minimum absolute atomic E-state index is 0.485. The van der Waals surface area contributed by atoms with Crippen molar-refractivity contribution in [3.05, 3.63) is 0 Å². The number of hydrogen-bond donors (Lipinski definition) is 2. The highest BCUT2D eigenvalue weighted by Gasteiger charge is 2.17. The highest BCUT2D eigenvalue weighted by molar-refractivity contribution is 4.70. The van der Waals surface area contributed by atoms with E-state index >= 15 is 0 Å². The van der Waals surface area contributed by atoms with Crippen LogP contribution in [0.2, 0.25) is 0 Å². The van der Waals surface area contributed by atoms with Gasteiger partial charge in [0.2, 0.25) is 0 Å². The first-order valence-electron chi connectivity index (χ1n) is 7.64. The third-order valence-corrected chi connectivity index (χ3v) is 4.01. The normalized spacial score (nSPS) is 18.2. The fraction of sp³-hybridized carbons (Fsp3) is 1.00. The minimum atomic E-state index is 0.485. The van der Waals surface area contributed by atoms with Gasteiger partial charge in [-0.2, -0.15) is 0 Å². The second-order valence-corrected chi connectivity index (χ2v) is 6.18. The fourth-order valence-electron chi connectivity index (χ4n) is 2.77. The highest BCUT2D eigenvalue weighted by Crippen LogP contribution is 2.19. The number of nitrogens with one attached hydrogen (secondary N) is 2. The summed E-state index contributed by atoms with van der Waals surface area (Å²) in [5.74, 6) is 2.27. The van der Waals surface area contributed by atoms with Gasteiger partial charge in [-0.1, -0.05) is 27.7 Å². The molecule has 0 radical (unpaired) electrons. The van der Waals surface area contributed by atoms with Gasteiger partial charge in [-0.15, -0.1) is 0 Å². The maximum Gasteiger partial charge on any atom is 0.0600 e. The second kappa shape index (κ2) is 8.89. The number of ether oxygens (including phenoxy) is 1. The van der Waals surface area contributed by atoms with Crippen molar-refractivity contribution in [3.63, 3.8) is 0 Å². The Kier molecular flexibility index (Phi) is 7.87. The SMILES string of the molecule is CC(C)C(CNCCOC1CCNCC1)C(C)C. The van der Waals surface area contributed by atoms with E-state index in [1.807, 2.05) is 0 Å². The van der Waals surface area contributed by atoms with Gasteiger partial charge in [-0.05, 0) is 50.2 Å². The number of hydrogen-bond acceptors (Lipinski definition) is 3. The summed E-state index contributed by atoms with van der Waals surface area (Å²) < 4.78 is 5.88. The smallest absolute Gasteiger partial charge is 0.0600 e. The average Bonchev–Trinajstić information content (AvgIpc) is 2.34. The summed E-state index contributed by atoms with van der Waals surface area (Å²) in [7, 11) is 0. The largest absolute Gasteiger partial charge is 0.377 e. The van der Waals surface area contributed by atoms with Crippen LogP contribution in [0.25, 0.3) is 0 Å². The molecular formula is C15H32N2O. The molecule has 18 heavy (non-hydrogen) atoms. The molecule has 1 aliphatic rings. The summed E-state index contributed by atoms with van der Waals surface area (Å²) in [5, 5.41) is 6.91. The summed E-state index contributed by atoms with van der Waals surface area (Å²) >= 11 is 0. The molecule has 3 heteroatoms. The molecule has 0 saturated carbocycles. The van der Waals surface area contributed by atoms with E-state index in [-0.39, 0.29) is 0 Å². The molecule has 0 aromatic heterocycles. The number of rotatable bonds is 8. The van der Waals surface area contributed by atoms with Crippen molar-refractivity contribution < 1.29 is 4.74 Å². The van der Waals surface area contributed by atoms with Crippen LogP contribution in [0.5, 0.6) is 0 Å². The predicted molar refractivity (Wildman–Crippen MR) is 77.9 cm³/mol. The minimum Gasteiger partial charge on any atom is -0.377 e. The van der Waals surface area contributed by atoms with E-state index in [1.165, 1.54) is 12.8 Å². The van der Waals surface area contributed by atoms with Crippen LogP contribution >= 0.6 is 0 Å². The van der Waals surface area contributed by atoms with E-state index in [1.54, 1.807) is 0 Å². The Balaban J connectivity index is 2.03. The lowest BCUT2D eigenvalue weighted by Crippen LogP contribution is -2.35. The maximum atomic E-state index is 5.88. The highest BCUT2D eigenvalue weighted by atomic mass is 16.5. The molecule has 0 atom stereocenters. The maximum absolute atomic E-state index is 5.88. The van der Waals surface area contributed by atoms with Crippen molar-refractivity contribution in [2.24, 2.45) is 17.8 Å². The van der Waals surface area contributed by atoms with Crippen molar-refractivity contribution in [1.29, 1.82) is 0 Å². The molecule has 1 fully saturated rings. The molecule has 0 aromatic carbocycles. The van der Waals surface area contributed by atoms with Crippen molar-refractivity contribution in [3.8, 4) is 0 Å². The Morgan fingerprint density at radius 1 is 1.11 bits per heavy atom. The molecule has 0 unspecified atom stereocenters. The summed E-state index contributed by atoms with van der Waals surface area (Å²) in [6, 6.07) is 0. The average molecular weight is 256 g/mol. The van der Waals surface area contributed by atoms with Gasteiger partial charge >= 0.3 is 0 Å². The monoisotopic (exact) mass is 256 g/mol. The van der Waals surface area contributed by atoms with Gasteiger partial charge in [0.05, 0.1) is 12.7 Å². The Bertz CT molecular complexity index is 193. The Hall–Kier alpha value is -0.120. The molecular weight excluding hydrogens is 224 g/mol. The molecule has 0 spiro atoms. The van der Waals surface area contributed by atoms with E-state index in [9.17, 15) is 0 Å². The van der Waals surface area contributed by atoms with E-state index < -0.39 is 0 Å². The van der Waals surface area contributed by atoms with Crippen LogP contribution in [-0.2, 0) is 4.74 Å². The van der Waals surface area contributed by atoms with Crippen LogP contribution < -0.4 is 10.6 Å². The summed E-state index contributed by atoms with van der Waals surface area (Å²) in [5.41, 5.74) is 0. The van der Waals surface area contributed by atoms with Crippen LogP contribution in [-0.4, -0.2) is 38.9 Å². The van der Waals surface area contributed by atoms with Gasteiger partial charge in [0, 0.05) is 6.54 Å². The van der Waals surface area contributed by atoms with Crippen LogP contribution in [0.1, 0.15) is 40.5 Å². The number of piperidine rings is 1. The first kappa shape index (κ1) is 15.9. The predicted octanol–water partition coefficient (Wildman–Crippen LogP) is 2.27. The van der Waals surface area contributed by atoms with Crippen molar-refractivity contribution >= 4 is 0 Å². The molecule has 0 aliphatic carbocycles. The zero-order valence-corrected chi connectivity index (χ0v) is 12.7. The molecule has 1 rings (SSSR count). The van der Waals surface area contributed by atoms with E-state index in [0.29, 0.717) is 6.10 Å². The lowest BCUT2D eigenvalue weighted by molar-refractivity contribution is 0.0341. The topological polar surface area (TPSA) is 33.3 Å². The van der Waals surface area contributed by atoms with Gasteiger partial charge in [0.1, 0.15) is 0 Å². The molecule has 0 bridgehead atoms. The van der Waals surface area contributed by atoms with Crippen LogP contribution in [0.15, 0.2) is 0 Å².